The van der Waals surface area contributed by atoms with E-state index in [-0.39, 0.29) is 17.6 Å². The number of halogens is 4. The van der Waals surface area contributed by atoms with Crippen LogP contribution in [0.1, 0.15) is 60.4 Å². The number of rotatable bonds is 7. The lowest BCUT2D eigenvalue weighted by molar-refractivity contribution is -0.000229. The first-order valence-electron chi connectivity index (χ1n) is 8.36. The summed E-state index contributed by atoms with van der Waals surface area (Å²) < 4.78 is 28.2. The lowest BCUT2D eigenvalue weighted by Gasteiger charge is -2.16. The second-order valence-corrected chi connectivity index (χ2v) is 7.35. The van der Waals surface area contributed by atoms with E-state index in [2.05, 4.69) is 10.6 Å². The van der Waals surface area contributed by atoms with Crippen LogP contribution < -0.4 is 5.48 Å². The van der Waals surface area contributed by atoms with Crippen LogP contribution in [0.25, 0.3) is 0 Å². The Morgan fingerprint density at radius 3 is 2.52 bits per heavy atom. The number of amides is 1. The van der Waals surface area contributed by atoms with Crippen molar-refractivity contribution >= 4 is 29.1 Å². The molecule has 1 aromatic carbocycles. The minimum atomic E-state index is -2.89. The van der Waals surface area contributed by atoms with Crippen LogP contribution in [0, 0.1) is 0 Å². The van der Waals surface area contributed by atoms with Gasteiger partial charge in [-0.3, -0.25) is 14.3 Å². The molecule has 0 aliphatic rings. The molecule has 1 heterocycles. The van der Waals surface area contributed by atoms with Crippen molar-refractivity contribution in [3.8, 4) is 0 Å². The van der Waals surface area contributed by atoms with Gasteiger partial charge < -0.3 is 0 Å². The van der Waals surface area contributed by atoms with Crippen LogP contribution in [-0.4, -0.2) is 21.8 Å². The van der Waals surface area contributed by atoms with Crippen LogP contribution in [0.4, 0.5) is 8.78 Å². The highest BCUT2D eigenvalue weighted by atomic mass is 35.5. The van der Waals surface area contributed by atoms with Gasteiger partial charge in [0.05, 0.1) is 17.4 Å². The van der Waals surface area contributed by atoms with Gasteiger partial charge in [0.1, 0.15) is 5.69 Å². The second-order valence-electron chi connectivity index (χ2n) is 6.51. The Morgan fingerprint density at radius 2 is 1.96 bits per heavy atom. The van der Waals surface area contributed by atoms with Gasteiger partial charge in [0.25, 0.3) is 12.3 Å². The molecule has 2 rings (SSSR count). The highest BCUT2D eigenvalue weighted by molar-refractivity contribution is 6.35. The van der Waals surface area contributed by atoms with Gasteiger partial charge in [0.2, 0.25) is 0 Å². The van der Waals surface area contributed by atoms with Crippen LogP contribution >= 0.6 is 23.2 Å². The first kappa shape index (κ1) is 21.6. The van der Waals surface area contributed by atoms with Crippen LogP contribution in [0.2, 0.25) is 10.0 Å². The van der Waals surface area contributed by atoms with Gasteiger partial charge in [-0.1, -0.05) is 36.2 Å². The van der Waals surface area contributed by atoms with E-state index in [1.807, 2.05) is 6.92 Å². The Hall–Kier alpha value is -1.70. The molecule has 0 radical (unpaired) electrons. The van der Waals surface area contributed by atoms with E-state index < -0.39 is 18.0 Å². The highest BCUT2D eigenvalue weighted by Crippen LogP contribution is 2.32. The average Bonchev–Trinajstić information content (AvgIpc) is 2.93. The zero-order valence-corrected chi connectivity index (χ0v) is 16.9. The number of hydroxylamine groups is 1. The zero-order valence-electron chi connectivity index (χ0n) is 15.4. The molecule has 9 heteroatoms. The third-order valence-corrected chi connectivity index (χ3v) is 4.53. The quantitative estimate of drug-likeness (QED) is 0.636. The zero-order chi connectivity index (χ0) is 20.3. The number of hydrogen-bond acceptors (Lipinski definition) is 3. The van der Waals surface area contributed by atoms with E-state index in [0.29, 0.717) is 22.2 Å². The molecule has 0 spiro atoms. The summed E-state index contributed by atoms with van der Waals surface area (Å²) in [7, 11) is 1.53. The summed E-state index contributed by atoms with van der Waals surface area (Å²) in [6.07, 6.45) is -2.77. The number of nitrogens with zero attached hydrogens (tertiary/aromatic N) is 2. The molecule has 0 saturated heterocycles. The second kappa shape index (κ2) is 8.99. The third kappa shape index (κ3) is 5.18. The number of carbonyl (C=O) groups excluding carboxylic acids is 1. The normalized spacial score (nSPS) is 12.7. The monoisotopic (exact) mass is 419 g/mol. The van der Waals surface area contributed by atoms with Gasteiger partial charge in [-0.05, 0) is 38.0 Å². The molecule has 27 heavy (non-hydrogen) atoms. The van der Waals surface area contributed by atoms with E-state index in [4.69, 9.17) is 28.0 Å². The molecule has 2 aromatic rings. The summed E-state index contributed by atoms with van der Waals surface area (Å²) in [5, 5.41) is 4.83. The molecule has 1 aromatic heterocycles. The minimum absolute atomic E-state index is 0.175. The molecule has 0 bridgehead atoms. The van der Waals surface area contributed by atoms with E-state index in [9.17, 15) is 13.6 Å². The Bertz CT molecular complexity index is 825. The highest BCUT2D eigenvalue weighted by Gasteiger charge is 2.31. The van der Waals surface area contributed by atoms with Crippen molar-refractivity contribution in [2.24, 2.45) is 7.05 Å². The number of aryl methyl sites for hydroxylation is 1. The van der Waals surface area contributed by atoms with E-state index in [1.165, 1.54) is 11.7 Å². The fraction of sp³-hybridized carbons (Fsp3) is 0.444. The predicted octanol–water partition coefficient (Wildman–Crippen LogP) is 5.08. The summed E-state index contributed by atoms with van der Waals surface area (Å²) in [4.78, 5) is 17.6. The first-order valence-corrected chi connectivity index (χ1v) is 9.12. The molecule has 1 atom stereocenters. The van der Waals surface area contributed by atoms with Crippen molar-refractivity contribution in [2.45, 2.75) is 45.6 Å². The third-order valence-electron chi connectivity index (χ3n) is 3.95. The van der Waals surface area contributed by atoms with Crippen molar-refractivity contribution in [2.75, 3.05) is 0 Å². The van der Waals surface area contributed by atoms with E-state index in [0.717, 1.165) is 5.56 Å². The first-order chi connectivity index (χ1) is 12.6. The van der Waals surface area contributed by atoms with Gasteiger partial charge in [-0.25, -0.2) is 14.3 Å². The molecule has 0 saturated carbocycles. The number of carbonyl (C=O) groups is 1. The molecular formula is C18H21Cl2F2N3O2. The Labute approximate surface area is 166 Å². The molecule has 0 aliphatic carbocycles. The molecule has 148 valence electrons. The number of benzene rings is 1. The maximum atomic E-state index is 13.4. The summed E-state index contributed by atoms with van der Waals surface area (Å²) >= 11 is 12.1. The van der Waals surface area contributed by atoms with Crippen LogP contribution in [0.3, 0.4) is 0 Å². The topological polar surface area (TPSA) is 56.1 Å². The molecular weight excluding hydrogens is 399 g/mol. The van der Waals surface area contributed by atoms with Gasteiger partial charge in [-0.2, -0.15) is 5.10 Å². The molecule has 1 unspecified atom stereocenters. The van der Waals surface area contributed by atoms with Crippen molar-refractivity contribution in [1.82, 2.24) is 15.3 Å². The molecule has 0 fully saturated rings. The maximum Gasteiger partial charge on any atom is 0.282 e. The number of alkyl halides is 2. The standard InChI is InChI=1S/C18H21Cl2F2N3O2/c1-9(2)27-24-18(26)14-15(17(21)22)23-25(4)16(14)10(3)7-11-5-6-12(19)8-13(11)20/h5-6,8-10,17H,7H2,1-4H3,(H,24,26). The van der Waals surface area contributed by atoms with Crippen molar-refractivity contribution in [3.05, 3.63) is 50.8 Å². The van der Waals surface area contributed by atoms with Crippen LogP contribution in [0.5, 0.6) is 0 Å². The van der Waals surface area contributed by atoms with Crippen molar-refractivity contribution in [1.29, 1.82) is 0 Å². The van der Waals surface area contributed by atoms with Gasteiger partial charge >= 0.3 is 0 Å². The minimum Gasteiger partial charge on any atom is -0.271 e. The van der Waals surface area contributed by atoms with Gasteiger partial charge in [-0.15, -0.1) is 0 Å². The Morgan fingerprint density at radius 1 is 1.30 bits per heavy atom. The predicted molar refractivity (Wildman–Crippen MR) is 100 cm³/mol. The fourth-order valence-corrected chi connectivity index (χ4v) is 3.33. The van der Waals surface area contributed by atoms with E-state index in [1.54, 1.807) is 32.0 Å². The number of aromatic nitrogens is 2. The molecule has 5 nitrogen and oxygen atoms in total. The van der Waals surface area contributed by atoms with Crippen molar-refractivity contribution < 1.29 is 18.4 Å². The summed E-state index contributed by atoms with van der Waals surface area (Å²) in [6.45, 7) is 5.24. The van der Waals surface area contributed by atoms with Crippen LogP contribution in [-0.2, 0) is 18.3 Å². The summed E-state index contributed by atoms with van der Waals surface area (Å²) in [6, 6.07) is 5.09. The summed E-state index contributed by atoms with van der Waals surface area (Å²) in [5.41, 5.74) is 2.63. The molecule has 1 N–H and O–H groups in total. The lowest BCUT2D eigenvalue weighted by Crippen LogP contribution is -2.29. The van der Waals surface area contributed by atoms with Gasteiger partial charge in [0.15, 0.2) is 0 Å². The maximum absolute atomic E-state index is 13.4. The Kier molecular flexibility index (Phi) is 7.19. The average molecular weight is 420 g/mol. The number of hydrogen-bond donors (Lipinski definition) is 1. The largest absolute Gasteiger partial charge is 0.282 e. The number of nitrogens with one attached hydrogen (secondary N) is 1. The van der Waals surface area contributed by atoms with Gasteiger partial charge in [0, 0.05) is 23.0 Å². The lowest BCUT2D eigenvalue weighted by atomic mass is 9.94. The Balaban J connectivity index is 2.40. The molecule has 0 aliphatic heterocycles. The smallest absolute Gasteiger partial charge is 0.271 e. The fourth-order valence-electron chi connectivity index (χ4n) is 2.85. The van der Waals surface area contributed by atoms with Crippen molar-refractivity contribution in [3.63, 3.8) is 0 Å². The summed E-state index contributed by atoms with van der Waals surface area (Å²) in [5.74, 6) is -1.07. The van der Waals surface area contributed by atoms with Crippen LogP contribution in [0.15, 0.2) is 18.2 Å². The molecule has 1 amide bonds. The van der Waals surface area contributed by atoms with E-state index >= 15 is 0 Å². The SMILES string of the molecule is CC(C)ONC(=O)c1c(C(F)F)nn(C)c1C(C)Cc1ccc(Cl)cc1Cl.